The fourth-order valence-electron chi connectivity index (χ4n) is 2.83. The van der Waals surface area contributed by atoms with Gasteiger partial charge in [0.1, 0.15) is 6.54 Å². The predicted molar refractivity (Wildman–Crippen MR) is 98.2 cm³/mol. The average molecular weight is 335 g/mol. The minimum absolute atomic E-state index is 0.0451. The number of nitrogens with zero attached hydrogens (tertiary/aromatic N) is 3. The first-order chi connectivity index (χ1) is 12.2. The highest BCUT2D eigenvalue weighted by atomic mass is 16.2. The van der Waals surface area contributed by atoms with Crippen LogP contribution in [0.25, 0.3) is 10.8 Å². The number of rotatable bonds is 6. The third-order valence-corrected chi connectivity index (χ3v) is 4.11. The van der Waals surface area contributed by atoms with E-state index in [9.17, 15) is 9.59 Å². The van der Waals surface area contributed by atoms with Crippen LogP contribution in [-0.4, -0.2) is 27.1 Å². The predicted octanol–water partition coefficient (Wildman–Crippen LogP) is 2.84. The summed E-state index contributed by atoms with van der Waals surface area (Å²) in [5, 5.41) is 5.51. The van der Waals surface area contributed by atoms with Crippen molar-refractivity contribution in [2.75, 3.05) is 6.54 Å². The molecule has 5 nitrogen and oxygen atoms in total. The molecule has 3 aromatic rings. The highest BCUT2D eigenvalue weighted by Crippen LogP contribution is 2.08. The molecule has 0 atom stereocenters. The van der Waals surface area contributed by atoms with Crippen molar-refractivity contribution in [1.82, 2.24) is 14.7 Å². The molecule has 0 N–H and O–H groups in total. The summed E-state index contributed by atoms with van der Waals surface area (Å²) in [5.41, 5.74) is 0.839. The van der Waals surface area contributed by atoms with E-state index < -0.39 is 0 Å². The molecular weight excluding hydrogens is 314 g/mol. The van der Waals surface area contributed by atoms with E-state index in [-0.39, 0.29) is 18.0 Å². The summed E-state index contributed by atoms with van der Waals surface area (Å²) < 4.78 is 1.25. The van der Waals surface area contributed by atoms with Gasteiger partial charge in [-0.1, -0.05) is 55.5 Å². The largest absolute Gasteiger partial charge is 0.337 e. The summed E-state index contributed by atoms with van der Waals surface area (Å²) in [7, 11) is 0. The number of hydrogen-bond acceptors (Lipinski definition) is 3. The highest BCUT2D eigenvalue weighted by molar-refractivity contribution is 5.81. The summed E-state index contributed by atoms with van der Waals surface area (Å²) in [6.07, 6.45) is 2.49. The van der Waals surface area contributed by atoms with Gasteiger partial charge in [-0.25, -0.2) is 4.68 Å². The molecule has 0 saturated carbocycles. The SMILES string of the molecule is CCCN(Cc1ccccc1)C(=O)Cn1ncc2ccccc2c1=O. The zero-order valence-corrected chi connectivity index (χ0v) is 14.3. The van der Waals surface area contributed by atoms with Gasteiger partial charge in [-0.15, -0.1) is 0 Å². The Morgan fingerprint density at radius 3 is 2.56 bits per heavy atom. The number of fused-ring (bicyclic) bond motifs is 1. The summed E-state index contributed by atoms with van der Waals surface area (Å²) in [6.45, 7) is 3.17. The minimum atomic E-state index is -0.234. The molecule has 0 saturated heterocycles. The van der Waals surface area contributed by atoms with E-state index >= 15 is 0 Å². The van der Waals surface area contributed by atoms with Crippen LogP contribution in [-0.2, 0) is 17.9 Å². The molecule has 0 radical (unpaired) electrons. The van der Waals surface area contributed by atoms with Crippen LogP contribution in [0.2, 0.25) is 0 Å². The molecule has 0 bridgehead atoms. The van der Waals surface area contributed by atoms with Crippen LogP contribution in [0.3, 0.4) is 0 Å². The van der Waals surface area contributed by atoms with Gasteiger partial charge in [0.2, 0.25) is 5.91 Å². The van der Waals surface area contributed by atoms with Crippen LogP contribution >= 0.6 is 0 Å². The average Bonchev–Trinajstić information content (AvgIpc) is 2.65. The topological polar surface area (TPSA) is 55.2 Å². The number of carbonyl (C=O) groups excluding carboxylic acids is 1. The molecule has 5 heteroatoms. The van der Waals surface area contributed by atoms with Gasteiger partial charge >= 0.3 is 0 Å². The summed E-state index contributed by atoms with van der Waals surface area (Å²) in [5.74, 6) is -0.101. The molecule has 128 valence electrons. The van der Waals surface area contributed by atoms with Gasteiger partial charge in [0.05, 0.1) is 11.6 Å². The monoisotopic (exact) mass is 335 g/mol. The maximum absolute atomic E-state index is 12.7. The van der Waals surface area contributed by atoms with Crippen molar-refractivity contribution in [1.29, 1.82) is 0 Å². The Balaban J connectivity index is 1.81. The molecule has 0 spiro atoms. The molecule has 1 heterocycles. The van der Waals surface area contributed by atoms with Gasteiger partial charge in [-0.05, 0) is 18.1 Å². The number of amides is 1. The summed E-state index contributed by atoms with van der Waals surface area (Å²) in [6, 6.07) is 17.1. The normalized spacial score (nSPS) is 10.8. The zero-order valence-electron chi connectivity index (χ0n) is 14.3. The van der Waals surface area contributed by atoms with Crippen LogP contribution in [0.15, 0.2) is 65.6 Å². The van der Waals surface area contributed by atoms with Gasteiger partial charge in [-0.2, -0.15) is 5.10 Å². The molecule has 1 aromatic heterocycles. The van der Waals surface area contributed by atoms with E-state index in [1.54, 1.807) is 17.2 Å². The first-order valence-electron chi connectivity index (χ1n) is 8.45. The molecule has 25 heavy (non-hydrogen) atoms. The van der Waals surface area contributed by atoms with Gasteiger partial charge in [0.15, 0.2) is 0 Å². The molecule has 0 unspecified atom stereocenters. The maximum atomic E-state index is 12.7. The van der Waals surface area contributed by atoms with Crippen molar-refractivity contribution in [3.63, 3.8) is 0 Å². The molecule has 2 aromatic carbocycles. The van der Waals surface area contributed by atoms with Crippen molar-refractivity contribution in [2.24, 2.45) is 0 Å². The van der Waals surface area contributed by atoms with Crippen LogP contribution < -0.4 is 5.56 Å². The Morgan fingerprint density at radius 1 is 1.08 bits per heavy atom. The van der Waals surface area contributed by atoms with Crippen molar-refractivity contribution >= 4 is 16.7 Å². The quantitative estimate of drug-likeness (QED) is 0.696. The van der Waals surface area contributed by atoms with E-state index in [4.69, 9.17) is 0 Å². The number of hydrogen-bond donors (Lipinski definition) is 0. The lowest BCUT2D eigenvalue weighted by Crippen LogP contribution is -2.37. The van der Waals surface area contributed by atoms with Crippen molar-refractivity contribution in [3.05, 3.63) is 76.7 Å². The standard InChI is InChI=1S/C20H21N3O2/c1-2-12-22(14-16-8-4-3-5-9-16)19(24)15-23-20(25)18-11-7-6-10-17(18)13-21-23/h3-11,13H,2,12,14-15H2,1H3. The smallest absolute Gasteiger partial charge is 0.275 e. The second-order valence-electron chi connectivity index (χ2n) is 6.00. The lowest BCUT2D eigenvalue weighted by molar-refractivity contribution is -0.132. The fraction of sp³-hybridized carbons (Fsp3) is 0.250. The van der Waals surface area contributed by atoms with Gasteiger partial charge in [-0.3, -0.25) is 9.59 Å². The fourth-order valence-corrected chi connectivity index (χ4v) is 2.83. The number of aromatic nitrogens is 2. The van der Waals surface area contributed by atoms with Crippen molar-refractivity contribution in [2.45, 2.75) is 26.4 Å². The number of benzene rings is 2. The Morgan fingerprint density at radius 2 is 1.80 bits per heavy atom. The highest BCUT2D eigenvalue weighted by Gasteiger charge is 2.15. The van der Waals surface area contributed by atoms with Crippen LogP contribution in [0.1, 0.15) is 18.9 Å². The van der Waals surface area contributed by atoms with E-state index in [0.717, 1.165) is 17.4 Å². The van der Waals surface area contributed by atoms with E-state index in [1.807, 2.05) is 55.5 Å². The molecular formula is C20H21N3O2. The van der Waals surface area contributed by atoms with Crippen molar-refractivity contribution in [3.8, 4) is 0 Å². The molecule has 0 aliphatic heterocycles. The van der Waals surface area contributed by atoms with Crippen LogP contribution in [0, 0.1) is 0 Å². The van der Waals surface area contributed by atoms with E-state index in [0.29, 0.717) is 18.5 Å². The van der Waals surface area contributed by atoms with Gasteiger partial charge in [0, 0.05) is 18.5 Å². The molecule has 0 aliphatic rings. The first-order valence-corrected chi connectivity index (χ1v) is 8.45. The zero-order chi connectivity index (χ0) is 17.6. The Hall–Kier alpha value is -2.95. The second kappa shape index (κ2) is 7.75. The van der Waals surface area contributed by atoms with E-state index in [1.165, 1.54) is 4.68 Å². The maximum Gasteiger partial charge on any atom is 0.275 e. The third kappa shape index (κ3) is 3.94. The van der Waals surface area contributed by atoms with Crippen LogP contribution in [0.4, 0.5) is 0 Å². The van der Waals surface area contributed by atoms with Gasteiger partial charge < -0.3 is 4.90 Å². The van der Waals surface area contributed by atoms with E-state index in [2.05, 4.69) is 5.10 Å². The van der Waals surface area contributed by atoms with Crippen molar-refractivity contribution < 1.29 is 4.79 Å². The molecule has 1 amide bonds. The van der Waals surface area contributed by atoms with Crippen LogP contribution in [0.5, 0.6) is 0 Å². The third-order valence-electron chi connectivity index (χ3n) is 4.11. The molecule has 0 aliphatic carbocycles. The number of carbonyl (C=O) groups is 1. The lowest BCUT2D eigenvalue weighted by Gasteiger charge is -2.22. The molecule has 3 rings (SSSR count). The lowest BCUT2D eigenvalue weighted by atomic mass is 10.2. The first kappa shape index (κ1) is 16.9. The Labute approximate surface area is 146 Å². The summed E-state index contributed by atoms with van der Waals surface area (Å²) in [4.78, 5) is 27.0. The van der Waals surface area contributed by atoms with Gasteiger partial charge in [0.25, 0.3) is 5.56 Å². The Bertz CT molecular complexity index is 919. The Kier molecular flexibility index (Phi) is 5.23. The second-order valence-corrected chi connectivity index (χ2v) is 6.00. The summed E-state index contributed by atoms with van der Waals surface area (Å²) >= 11 is 0. The molecule has 0 fully saturated rings. The minimum Gasteiger partial charge on any atom is -0.337 e.